The third-order valence-electron chi connectivity index (χ3n) is 2.23. The predicted octanol–water partition coefficient (Wildman–Crippen LogP) is 0.993. The number of hydrogen-bond acceptors (Lipinski definition) is 3. The molecule has 0 aromatic heterocycles. The van der Waals surface area contributed by atoms with Crippen molar-refractivity contribution in [3.05, 3.63) is 29.8 Å². The van der Waals surface area contributed by atoms with E-state index in [1.165, 1.54) is 31.3 Å². The number of hydrogen-bond donors (Lipinski definition) is 2. The molecule has 1 aromatic carbocycles. The Morgan fingerprint density at radius 2 is 1.88 bits per heavy atom. The topological polar surface area (TPSA) is 86.7 Å². The van der Waals surface area contributed by atoms with Crippen molar-refractivity contribution in [1.82, 2.24) is 4.31 Å². The molecular weight excluding hydrogens is 244 g/mol. The molecule has 0 saturated carbocycles. The molecule has 0 radical (unpaired) electrons. The normalized spacial score (nSPS) is 11.5. The van der Waals surface area contributed by atoms with E-state index < -0.39 is 16.2 Å². The van der Waals surface area contributed by atoms with E-state index in [4.69, 9.17) is 5.11 Å². The van der Waals surface area contributed by atoms with E-state index in [1.807, 2.05) is 0 Å². The van der Waals surface area contributed by atoms with E-state index in [9.17, 15) is 13.2 Å². The minimum Gasteiger partial charge on any atom is -0.478 e. The highest BCUT2D eigenvalue weighted by Gasteiger charge is 2.15. The van der Waals surface area contributed by atoms with Crippen LogP contribution >= 0.6 is 0 Å². The van der Waals surface area contributed by atoms with Crippen LogP contribution in [-0.2, 0) is 10.2 Å². The molecule has 0 amide bonds. The Hall–Kier alpha value is -1.60. The molecule has 0 heterocycles. The highest BCUT2D eigenvalue weighted by molar-refractivity contribution is 7.90. The number of rotatable bonds is 5. The zero-order valence-electron chi connectivity index (χ0n) is 9.54. The van der Waals surface area contributed by atoms with Crippen LogP contribution in [0.5, 0.6) is 0 Å². The zero-order valence-corrected chi connectivity index (χ0v) is 10.4. The number of anilines is 1. The van der Waals surface area contributed by atoms with Crippen LogP contribution in [0.15, 0.2) is 24.3 Å². The van der Waals surface area contributed by atoms with Crippen LogP contribution in [0.25, 0.3) is 0 Å². The Morgan fingerprint density at radius 3 is 2.29 bits per heavy atom. The fraction of sp³-hybridized carbons (Fsp3) is 0.300. The van der Waals surface area contributed by atoms with Crippen LogP contribution in [0.3, 0.4) is 0 Å². The van der Waals surface area contributed by atoms with Crippen LogP contribution in [0.2, 0.25) is 0 Å². The number of aromatic carboxylic acids is 1. The maximum atomic E-state index is 11.6. The van der Waals surface area contributed by atoms with Gasteiger partial charge in [0.25, 0.3) is 0 Å². The summed E-state index contributed by atoms with van der Waals surface area (Å²) in [6, 6.07) is 5.49. The average Bonchev–Trinajstić information content (AvgIpc) is 2.28. The van der Waals surface area contributed by atoms with Crippen molar-refractivity contribution < 1.29 is 18.3 Å². The molecule has 0 saturated heterocycles. The van der Waals surface area contributed by atoms with Gasteiger partial charge in [-0.25, -0.2) is 4.79 Å². The molecule has 0 fully saturated rings. The van der Waals surface area contributed by atoms with E-state index >= 15 is 0 Å². The fourth-order valence-electron chi connectivity index (χ4n) is 1.08. The molecule has 0 aliphatic rings. The van der Waals surface area contributed by atoms with Crippen LogP contribution in [0.4, 0.5) is 5.69 Å². The second-order valence-electron chi connectivity index (χ2n) is 3.40. The van der Waals surface area contributed by atoms with Gasteiger partial charge in [0.1, 0.15) is 0 Å². The zero-order chi connectivity index (χ0) is 13.1. The summed E-state index contributed by atoms with van der Waals surface area (Å²) >= 11 is 0. The summed E-state index contributed by atoms with van der Waals surface area (Å²) in [5.41, 5.74) is 0.437. The molecule has 1 aromatic rings. The molecule has 0 aliphatic heterocycles. The number of nitrogens with zero attached hydrogens (tertiary/aromatic N) is 1. The minimum absolute atomic E-state index is 0.108. The van der Waals surface area contributed by atoms with E-state index in [0.29, 0.717) is 12.2 Å². The molecule has 0 atom stereocenters. The van der Waals surface area contributed by atoms with Crippen molar-refractivity contribution in [2.24, 2.45) is 0 Å². The molecule has 0 aliphatic carbocycles. The van der Waals surface area contributed by atoms with Gasteiger partial charge in [0.15, 0.2) is 0 Å². The molecule has 2 N–H and O–H groups in total. The second-order valence-corrected chi connectivity index (χ2v) is 5.18. The van der Waals surface area contributed by atoms with E-state index in [1.54, 1.807) is 6.92 Å². The summed E-state index contributed by atoms with van der Waals surface area (Å²) in [7, 11) is -2.11. The van der Waals surface area contributed by atoms with Gasteiger partial charge >= 0.3 is 16.2 Å². The lowest BCUT2D eigenvalue weighted by Crippen LogP contribution is -2.32. The van der Waals surface area contributed by atoms with Crippen molar-refractivity contribution in [1.29, 1.82) is 0 Å². The maximum absolute atomic E-state index is 11.6. The average molecular weight is 258 g/mol. The first-order chi connectivity index (χ1) is 7.86. The summed E-state index contributed by atoms with van der Waals surface area (Å²) in [5.74, 6) is -1.05. The second kappa shape index (κ2) is 5.15. The van der Waals surface area contributed by atoms with Crippen LogP contribution in [0, 0.1) is 0 Å². The summed E-state index contributed by atoms with van der Waals surface area (Å²) in [5, 5.41) is 8.69. The summed E-state index contributed by atoms with van der Waals surface area (Å²) in [4.78, 5) is 10.6. The van der Waals surface area contributed by atoms with Crippen molar-refractivity contribution in [3.63, 3.8) is 0 Å². The molecular formula is C10H14N2O4S. The van der Waals surface area contributed by atoms with Crippen LogP contribution in [-0.4, -0.2) is 37.4 Å². The van der Waals surface area contributed by atoms with Gasteiger partial charge in [0.05, 0.1) is 5.56 Å². The van der Waals surface area contributed by atoms with Crippen molar-refractivity contribution in [2.75, 3.05) is 18.3 Å². The Bertz CT molecular complexity index is 496. The Kier molecular flexibility index (Phi) is 4.08. The summed E-state index contributed by atoms with van der Waals surface area (Å²) in [6.45, 7) is 2.06. The van der Waals surface area contributed by atoms with Gasteiger partial charge in [-0.3, -0.25) is 4.72 Å². The monoisotopic (exact) mass is 258 g/mol. The first kappa shape index (κ1) is 13.5. The molecule has 1 rings (SSSR count). The highest BCUT2D eigenvalue weighted by Crippen LogP contribution is 2.12. The maximum Gasteiger partial charge on any atom is 0.335 e. The predicted molar refractivity (Wildman–Crippen MR) is 64.2 cm³/mol. The standard InChI is InChI=1S/C10H14N2O4S/c1-3-12(2)17(15,16)11-9-6-4-8(5-7-9)10(13)14/h4-7,11H,3H2,1-2H3,(H,13,14). The molecule has 0 unspecified atom stereocenters. The van der Waals surface area contributed by atoms with Crippen molar-refractivity contribution >= 4 is 21.9 Å². The van der Waals surface area contributed by atoms with Crippen LogP contribution < -0.4 is 4.72 Å². The van der Waals surface area contributed by atoms with Gasteiger partial charge in [-0.05, 0) is 24.3 Å². The van der Waals surface area contributed by atoms with Gasteiger partial charge in [-0.15, -0.1) is 0 Å². The van der Waals surface area contributed by atoms with Gasteiger partial charge in [-0.1, -0.05) is 6.92 Å². The highest BCUT2D eigenvalue weighted by atomic mass is 32.2. The van der Waals surface area contributed by atoms with Gasteiger partial charge in [0, 0.05) is 19.3 Å². The minimum atomic E-state index is -3.56. The van der Waals surface area contributed by atoms with Gasteiger partial charge in [0.2, 0.25) is 0 Å². The lowest BCUT2D eigenvalue weighted by molar-refractivity contribution is 0.0697. The molecule has 6 nitrogen and oxygen atoms in total. The molecule has 94 valence electrons. The Morgan fingerprint density at radius 1 is 1.35 bits per heavy atom. The van der Waals surface area contributed by atoms with Crippen molar-refractivity contribution in [2.45, 2.75) is 6.92 Å². The molecule has 17 heavy (non-hydrogen) atoms. The third kappa shape index (κ3) is 3.43. The van der Waals surface area contributed by atoms with E-state index in [0.717, 1.165) is 4.31 Å². The molecule has 7 heteroatoms. The van der Waals surface area contributed by atoms with Gasteiger partial charge < -0.3 is 5.11 Å². The number of benzene rings is 1. The van der Waals surface area contributed by atoms with E-state index in [2.05, 4.69) is 4.72 Å². The quantitative estimate of drug-likeness (QED) is 0.824. The first-order valence-electron chi connectivity index (χ1n) is 4.94. The molecule has 0 bridgehead atoms. The lowest BCUT2D eigenvalue weighted by atomic mass is 10.2. The Balaban J connectivity index is 2.86. The smallest absolute Gasteiger partial charge is 0.335 e. The van der Waals surface area contributed by atoms with Gasteiger partial charge in [-0.2, -0.15) is 12.7 Å². The molecule has 0 spiro atoms. The number of carbonyl (C=O) groups is 1. The SMILES string of the molecule is CCN(C)S(=O)(=O)Nc1ccc(C(=O)O)cc1. The van der Waals surface area contributed by atoms with Crippen molar-refractivity contribution in [3.8, 4) is 0 Å². The lowest BCUT2D eigenvalue weighted by Gasteiger charge is -2.16. The fourth-order valence-corrected chi connectivity index (χ4v) is 2.01. The Labute approximate surface area is 100 Å². The number of carboxylic acid groups (broad SMARTS) is 1. The van der Waals surface area contributed by atoms with E-state index in [-0.39, 0.29) is 5.56 Å². The third-order valence-corrected chi connectivity index (χ3v) is 3.81. The number of nitrogens with one attached hydrogen (secondary N) is 1. The van der Waals surface area contributed by atoms with Crippen LogP contribution in [0.1, 0.15) is 17.3 Å². The largest absolute Gasteiger partial charge is 0.478 e. The summed E-state index contributed by atoms with van der Waals surface area (Å²) in [6.07, 6.45) is 0. The summed E-state index contributed by atoms with van der Waals surface area (Å²) < 4.78 is 26.8. The number of carboxylic acids is 1. The first-order valence-corrected chi connectivity index (χ1v) is 6.38.